The summed E-state index contributed by atoms with van der Waals surface area (Å²) in [6.07, 6.45) is 3.84. The third-order valence-electron chi connectivity index (χ3n) is 3.44. The van der Waals surface area contributed by atoms with Gasteiger partial charge < -0.3 is 10.2 Å². The van der Waals surface area contributed by atoms with Crippen molar-refractivity contribution >= 4 is 5.91 Å². The first kappa shape index (κ1) is 13.1. The Bertz CT molecular complexity index is 427. The van der Waals surface area contributed by atoms with Crippen LogP contribution in [-0.2, 0) is 24.8 Å². The molecule has 5 nitrogen and oxygen atoms in total. The highest BCUT2D eigenvalue weighted by Gasteiger charge is 2.31. The third kappa shape index (κ3) is 2.56. The number of hydrogen-bond acceptors (Lipinski definition) is 3. The van der Waals surface area contributed by atoms with Gasteiger partial charge in [0.1, 0.15) is 0 Å². The summed E-state index contributed by atoms with van der Waals surface area (Å²) >= 11 is 0. The van der Waals surface area contributed by atoms with E-state index in [2.05, 4.69) is 17.3 Å². The molecule has 1 saturated heterocycles. The minimum atomic E-state index is 0.0109. The van der Waals surface area contributed by atoms with E-state index in [1.165, 1.54) is 5.56 Å². The van der Waals surface area contributed by atoms with Crippen LogP contribution in [0.5, 0.6) is 0 Å². The number of nitrogens with zero attached hydrogens (tertiary/aromatic N) is 3. The molecule has 1 unspecified atom stereocenters. The highest BCUT2D eigenvalue weighted by atomic mass is 16.2. The maximum atomic E-state index is 12.1. The van der Waals surface area contributed by atoms with Gasteiger partial charge in [0.15, 0.2) is 0 Å². The van der Waals surface area contributed by atoms with E-state index in [-0.39, 0.29) is 11.9 Å². The number of likely N-dealkylation sites (tertiary alicyclic amines) is 1. The van der Waals surface area contributed by atoms with Crippen LogP contribution in [0.2, 0.25) is 0 Å². The van der Waals surface area contributed by atoms with Crippen LogP contribution in [0.3, 0.4) is 0 Å². The Kier molecular flexibility index (Phi) is 4.01. The van der Waals surface area contributed by atoms with Crippen molar-refractivity contribution in [2.75, 3.05) is 13.1 Å². The van der Waals surface area contributed by atoms with Crippen LogP contribution in [0.25, 0.3) is 0 Å². The zero-order valence-corrected chi connectivity index (χ0v) is 11.4. The molecule has 1 atom stereocenters. The maximum Gasteiger partial charge on any atom is 0.240 e. The number of rotatable bonds is 5. The molecule has 0 radical (unpaired) electrons. The van der Waals surface area contributed by atoms with Crippen LogP contribution < -0.4 is 5.32 Å². The van der Waals surface area contributed by atoms with Gasteiger partial charge in [-0.1, -0.05) is 13.8 Å². The molecule has 0 saturated carbocycles. The molecule has 0 spiro atoms. The summed E-state index contributed by atoms with van der Waals surface area (Å²) in [6.45, 7) is 6.51. The molecule has 1 aliphatic heterocycles. The molecule has 100 valence electrons. The van der Waals surface area contributed by atoms with Crippen LogP contribution in [0.4, 0.5) is 0 Å². The second kappa shape index (κ2) is 5.52. The topological polar surface area (TPSA) is 50.2 Å². The summed E-state index contributed by atoms with van der Waals surface area (Å²) in [5.41, 5.74) is 2.27. The molecule has 2 rings (SSSR count). The average Bonchev–Trinajstić information content (AvgIpc) is 2.87. The third-order valence-corrected chi connectivity index (χ3v) is 3.44. The molecular formula is C13H22N4O. The summed E-state index contributed by atoms with van der Waals surface area (Å²) in [7, 11) is 1.93. The highest BCUT2D eigenvalue weighted by Crippen LogP contribution is 2.17. The number of carbonyl (C=O) groups excluding carboxylic acids is 1. The van der Waals surface area contributed by atoms with E-state index < -0.39 is 0 Å². The first-order valence-corrected chi connectivity index (χ1v) is 6.69. The molecule has 0 aliphatic carbocycles. The Morgan fingerprint density at radius 2 is 2.28 bits per heavy atom. The minimum Gasteiger partial charge on any atom is -0.337 e. The Morgan fingerprint density at radius 1 is 1.50 bits per heavy atom. The van der Waals surface area contributed by atoms with Gasteiger partial charge in [-0.2, -0.15) is 5.10 Å². The van der Waals surface area contributed by atoms with Gasteiger partial charge in [0, 0.05) is 31.9 Å². The maximum absolute atomic E-state index is 12.1. The van der Waals surface area contributed by atoms with E-state index in [9.17, 15) is 4.79 Å². The molecule has 1 fully saturated rings. The molecule has 0 bridgehead atoms. The molecule has 18 heavy (non-hydrogen) atoms. The van der Waals surface area contributed by atoms with E-state index in [1.54, 1.807) is 0 Å². The predicted octanol–water partition coefficient (Wildman–Crippen LogP) is 0.693. The lowest BCUT2D eigenvalue weighted by molar-refractivity contribution is -0.129. The second-order valence-electron chi connectivity index (χ2n) is 4.79. The monoisotopic (exact) mass is 250 g/mol. The van der Waals surface area contributed by atoms with Crippen molar-refractivity contribution in [3.63, 3.8) is 0 Å². The fourth-order valence-electron chi connectivity index (χ4n) is 2.55. The molecule has 1 aromatic rings. The normalized spacial score (nSPS) is 19.8. The van der Waals surface area contributed by atoms with Gasteiger partial charge >= 0.3 is 0 Å². The summed E-state index contributed by atoms with van der Waals surface area (Å²) in [5.74, 6) is 0.225. The first-order valence-electron chi connectivity index (χ1n) is 6.69. The van der Waals surface area contributed by atoms with Crippen molar-refractivity contribution in [3.8, 4) is 0 Å². The van der Waals surface area contributed by atoms with Gasteiger partial charge in [0.05, 0.1) is 11.7 Å². The van der Waals surface area contributed by atoms with E-state index in [0.717, 1.165) is 31.6 Å². The lowest BCUT2D eigenvalue weighted by Crippen LogP contribution is -2.37. The molecule has 1 amide bonds. The molecule has 5 heteroatoms. The Morgan fingerprint density at radius 3 is 2.94 bits per heavy atom. The Balaban J connectivity index is 2.04. The number of nitrogens with one attached hydrogen (secondary N) is 1. The van der Waals surface area contributed by atoms with Crippen LogP contribution in [-0.4, -0.2) is 39.7 Å². The molecule has 1 aliphatic rings. The number of aromatic nitrogens is 2. The van der Waals surface area contributed by atoms with Crippen molar-refractivity contribution in [2.45, 2.75) is 39.3 Å². The first-order chi connectivity index (χ1) is 8.65. The SMILES string of the molecule is CCNC1CCN(Cc2cn(C)nc2CC)C1=O. The lowest BCUT2D eigenvalue weighted by atomic mass is 10.2. The lowest BCUT2D eigenvalue weighted by Gasteiger charge is -2.16. The van der Waals surface area contributed by atoms with Crippen molar-refractivity contribution in [1.82, 2.24) is 20.0 Å². The van der Waals surface area contributed by atoms with Gasteiger partial charge in [0.25, 0.3) is 0 Å². The van der Waals surface area contributed by atoms with E-state index in [0.29, 0.717) is 6.54 Å². The van der Waals surface area contributed by atoms with Gasteiger partial charge in [0.2, 0.25) is 5.91 Å². The number of aryl methyl sites for hydroxylation is 2. The zero-order valence-electron chi connectivity index (χ0n) is 11.4. The molecule has 2 heterocycles. The summed E-state index contributed by atoms with van der Waals surface area (Å²) < 4.78 is 1.83. The largest absolute Gasteiger partial charge is 0.337 e. The van der Waals surface area contributed by atoms with Crippen LogP contribution in [0, 0.1) is 0 Å². The fourth-order valence-corrected chi connectivity index (χ4v) is 2.55. The number of hydrogen-bond donors (Lipinski definition) is 1. The van der Waals surface area contributed by atoms with Crippen molar-refractivity contribution in [3.05, 3.63) is 17.5 Å². The van der Waals surface area contributed by atoms with Gasteiger partial charge in [-0.15, -0.1) is 0 Å². The average molecular weight is 250 g/mol. The van der Waals surface area contributed by atoms with Gasteiger partial charge in [-0.25, -0.2) is 0 Å². The summed E-state index contributed by atoms with van der Waals surface area (Å²) in [5, 5.41) is 7.65. The predicted molar refractivity (Wildman–Crippen MR) is 70.1 cm³/mol. The number of carbonyl (C=O) groups is 1. The van der Waals surface area contributed by atoms with Crippen molar-refractivity contribution in [1.29, 1.82) is 0 Å². The number of likely N-dealkylation sites (N-methyl/N-ethyl adjacent to an activating group) is 1. The van der Waals surface area contributed by atoms with E-state index in [4.69, 9.17) is 0 Å². The van der Waals surface area contributed by atoms with Gasteiger partial charge in [-0.3, -0.25) is 9.48 Å². The Hall–Kier alpha value is -1.36. The minimum absolute atomic E-state index is 0.0109. The smallest absolute Gasteiger partial charge is 0.240 e. The van der Waals surface area contributed by atoms with E-state index in [1.807, 2.05) is 29.7 Å². The highest BCUT2D eigenvalue weighted by molar-refractivity contribution is 5.83. The quantitative estimate of drug-likeness (QED) is 0.836. The second-order valence-corrected chi connectivity index (χ2v) is 4.79. The molecule has 1 aromatic heterocycles. The summed E-state index contributed by atoms with van der Waals surface area (Å²) in [6, 6.07) is 0.0109. The fraction of sp³-hybridized carbons (Fsp3) is 0.692. The van der Waals surface area contributed by atoms with Crippen LogP contribution in [0.15, 0.2) is 6.20 Å². The summed E-state index contributed by atoms with van der Waals surface area (Å²) in [4.78, 5) is 14.1. The Labute approximate surface area is 108 Å². The molecular weight excluding hydrogens is 228 g/mol. The van der Waals surface area contributed by atoms with Crippen molar-refractivity contribution in [2.24, 2.45) is 7.05 Å². The van der Waals surface area contributed by atoms with Crippen LogP contribution >= 0.6 is 0 Å². The zero-order chi connectivity index (χ0) is 13.1. The van der Waals surface area contributed by atoms with Crippen LogP contribution in [0.1, 0.15) is 31.5 Å². The van der Waals surface area contributed by atoms with Gasteiger partial charge in [-0.05, 0) is 19.4 Å². The molecule has 0 aromatic carbocycles. The molecule has 1 N–H and O–H groups in total. The number of amides is 1. The van der Waals surface area contributed by atoms with Crippen molar-refractivity contribution < 1.29 is 4.79 Å². The standard InChI is InChI=1S/C13H22N4O/c1-4-11-10(8-16(3)15-11)9-17-7-6-12(13(17)18)14-5-2/h8,12,14H,4-7,9H2,1-3H3. The van der Waals surface area contributed by atoms with E-state index >= 15 is 0 Å².